The maximum absolute atomic E-state index is 12.5. The maximum Gasteiger partial charge on any atom is 0.280 e. The van der Waals surface area contributed by atoms with Gasteiger partial charge in [-0.15, -0.1) is 0 Å². The van der Waals surface area contributed by atoms with Gasteiger partial charge in [0.2, 0.25) is 0 Å². The molecule has 4 rings (SSSR count). The van der Waals surface area contributed by atoms with E-state index in [0.717, 1.165) is 22.1 Å². The molecule has 6 heteroatoms. The van der Waals surface area contributed by atoms with Crippen molar-refractivity contribution in [1.82, 2.24) is 19.7 Å². The fraction of sp³-hybridized carbons (Fsp3) is 0. The lowest BCUT2D eigenvalue weighted by molar-refractivity contribution is 0.864. The summed E-state index contributed by atoms with van der Waals surface area (Å²) < 4.78 is 1.48. The molecule has 0 aliphatic carbocycles. The van der Waals surface area contributed by atoms with Gasteiger partial charge in [0, 0.05) is 29.0 Å². The lowest BCUT2D eigenvalue weighted by Gasteiger charge is -2.00. The van der Waals surface area contributed by atoms with E-state index in [1.54, 1.807) is 42.9 Å². The van der Waals surface area contributed by atoms with Gasteiger partial charge in [0.05, 0.1) is 22.1 Å². The first-order valence-corrected chi connectivity index (χ1v) is 6.71. The minimum Gasteiger partial charge on any atom is -0.289 e. The van der Waals surface area contributed by atoms with Crippen LogP contribution in [0.4, 0.5) is 0 Å². The van der Waals surface area contributed by atoms with Gasteiger partial charge in [-0.05, 0) is 30.3 Å². The minimum absolute atomic E-state index is 0.148. The first-order valence-electron chi connectivity index (χ1n) is 6.33. The van der Waals surface area contributed by atoms with Crippen molar-refractivity contribution in [2.45, 2.75) is 0 Å². The summed E-state index contributed by atoms with van der Waals surface area (Å²) in [7, 11) is 0. The summed E-state index contributed by atoms with van der Waals surface area (Å²) in [5.74, 6) is 0. The van der Waals surface area contributed by atoms with E-state index >= 15 is 0 Å². The molecule has 0 spiro atoms. The smallest absolute Gasteiger partial charge is 0.280 e. The zero-order valence-corrected chi connectivity index (χ0v) is 11.5. The van der Waals surface area contributed by atoms with Gasteiger partial charge in [-0.25, -0.2) is 4.68 Å². The predicted molar refractivity (Wildman–Crippen MR) is 82.0 cm³/mol. The van der Waals surface area contributed by atoms with Crippen molar-refractivity contribution in [2.75, 3.05) is 0 Å². The molecule has 1 N–H and O–H groups in total. The van der Waals surface area contributed by atoms with E-state index in [4.69, 9.17) is 11.6 Å². The van der Waals surface area contributed by atoms with Crippen LogP contribution >= 0.6 is 11.6 Å². The van der Waals surface area contributed by atoms with E-state index in [0.29, 0.717) is 10.4 Å². The van der Waals surface area contributed by atoms with Crippen molar-refractivity contribution in [2.24, 2.45) is 0 Å². The molecule has 0 saturated carbocycles. The zero-order chi connectivity index (χ0) is 14.4. The molecule has 0 atom stereocenters. The molecule has 21 heavy (non-hydrogen) atoms. The Labute approximate surface area is 123 Å². The van der Waals surface area contributed by atoms with E-state index in [9.17, 15) is 4.79 Å². The van der Waals surface area contributed by atoms with E-state index < -0.39 is 0 Å². The van der Waals surface area contributed by atoms with Crippen LogP contribution in [0.25, 0.3) is 27.5 Å². The first kappa shape index (κ1) is 12.1. The minimum atomic E-state index is -0.148. The third-order valence-corrected chi connectivity index (χ3v) is 3.66. The fourth-order valence-electron chi connectivity index (χ4n) is 2.37. The predicted octanol–water partition coefficient (Wildman–Crippen LogP) is 2.92. The van der Waals surface area contributed by atoms with Crippen molar-refractivity contribution >= 4 is 33.4 Å². The highest BCUT2D eigenvalue weighted by Gasteiger charge is 2.11. The van der Waals surface area contributed by atoms with Gasteiger partial charge in [0.25, 0.3) is 5.56 Å². The number of hydrogen-bond donors (Lipinski definition) is 1. The van der Waals surface area contributed by atoms with Crippen LogP contribution in [0.1, 0.15) is 0 Å². The number of halogens is 1. The van der Waals surface area contributed by atoms with Crippen LogP contribution in [0.5, 0.6) is 0 Å². The molecule has 102 valence electrons. The molecule has 0 fully saturated rings. The Morgan fingerprint density at radius 3 is 2.67 bits per heavy atom. The lowest BCUT2D eigenvalue weighted by atomic mass is 10.2. The Bertz CT molecular complexity index is 1020. The van der Waals surface area contributed by atoms with Crippen LogP contribution in [0, 0.1) is 0 Å². The zero-order valence-electron chi connectivity index (χ0n) is 10.7. The standard InChI is InChI=1S/C15H9ClN4O/c16-9-1-3-10(4-2-9)20-15(21)12-8-18-13-5-6-17-7-11(13)14(12)19-20/h1-8,19H. The van der Waals surface area contributed by atoms with Gasteiger partial charge in [-0.3, -0.25) is 19.9 Å². The molecule has 1 aromatic carbocycles. The van der Waals surface area contributed by atoms with E-state index in [2.05, 4.69) is 15.1 Å². The Balaban J connectivity index is 2.07. The maximum atomic E-state index is 12.5. The Kier molecular flexibility index (Phi) is 2.55. The van der Waals surface area contributed by atoms with E-state index in [-0.39, 0.29) is 5.56 Å². The number of nitrogens with zero attached hydrogens (tertiary/aromatic N) is 3. The second-order valence-electron chi connectivity index (χ2n) is 4.67. The first-order chi connectivity index (χ1) is 10.2. The van der Waals surface area contributed by atoms with Gasteiger partial charge in [-0.1, -0.05) is 11.6 Å². The quantitative estimate of drug-likeness (QED) is 0.587. The highest BCUT2D eigenvalue weighted by Crippen LogP contribution is 2.20. The van der Waals surface area contributed by atoms with Crippen LogP contribution < -0.4 is 5.56 Å². The molecular formula is C15H9ClN4O. The summed E-state index contributed by atoms with van der Waals surface area (Å²) in [6.07, 6.45) is 4.96. The number of aromatic nitrogens is 4. The molecule has 0 unspecified atom stereocenters. The van der Waals surface area contributed by atoms with Crippen molar-refractivity contribution < 1.29 is 0 Å². The summed E-state index contributed by atoms with van der Waals surface area (Å²) in [4.78, 5) is 20.9. The summed E-state index contributed by atoms with van der Waals surface area (Å²) in [5.41, 5.74) is 2.10. The second-order valence-corrected chi connectivity index (χ2v) is 5.10. The number of aromatic amines is 1. The van der Waals surface area contributed by atoms with Gasteiger partial charge in [0.1, 0.15) is 0 Å². The Morgan fingerprint density at radius 1 is 1.05 bits per heavy atom. The van der Waals surface area contributed by atoms with Crippen LogP contribution in [-0.2, 0) is 0 Å². The molecule has 0 radical (unpaired) electrons. The highest BCUT2D eigenvalue weighted by atomic mass is 35.5. The van der Waals surface area contributed by atoms with Crippen LogP contribution in [0.3, 0.4) is 0 Å². The molecule has 5 nitrogen and oxygen atoms in total. The molecule has 0 bridgehead atoms. The molecule has 0 aliphatic heterocycles. The third-order valence-electron chi connectivity index (χ3n) is 3.41. The average molecular weight is 297 g/mol. The van der Waals surface area contributed by atoms with Gasteiger partial charge in [-0.2, -0.15) is 0 Å². The molecular weight excluding hydrogens is 288 g/mol. The van der Waals surface area contributed by atoms with Crippen molar-refractivity contribution in [3.05, 3.63) is 64.3 Å². The molecule has 0 amide bonds. The molecule has 3 heterocycles. The van der Waals surface area contributed by atoms with E-state index in [1.165, 1.54) is 4.68 Å². The summed E-state index contributed by atoms with van der Waals surface area (Å²) in [6.45, 7) is 0. The van der Waals surface area contributed by atoms with Crippen molar-refractivity contribution in [1.29, 1.82) is 0 Å². The number of H-pyrrole nitrogens is 1. The van der Waals surface area contributed by atoms with Crippen molar-refractivity contribution in [3.8, 4) is 5.69 Å². The summed E-state index contributed by atoms with van der Waals surface area (Å²) in [6, 6.07) is 8.87. The molecule has 0 aliphatic rings. The van der Waals surface area contributed by atoms with Crippen molar-refractivity contribution in [3.63, 3.8) is 0 Å². The lowest BCUT2D eigenvalue weighted by Crippen LogP contribution is -2.13. The number of benzene rings is 1. The van der Waals surface area contributed by atoms with Crippen LogP contribution in [0.2, 0.25) is 5.02 Å². The number of hydrogen-bond acceptors (Lipinski definition) is 3. The average Bonchev–Trinajstić information content (AvgIpc) is 2.86. The van der Waals surface area contributed by atoms with Gasteiger partial charge >= 0.3 is 0 Å². The number of rotatable bonds is 1. The molecule has 3 aromatic heterocycles. The Morgan fingerprint density at radius 2 is 1.86 bits per heavy atom. The number of pyridine rings is 2. The van der Waals surface area contributed by atoms with E-state index in [1.807, 2.05) is 6.07 Å². The normalized spacial score (nSPS) is 11.3. The number of fused-ring (bicyclic) bond motifs is 3. The van der Waals surface area contributed by atoms with Gasteiger partial charge in [0.15, 0.2) is 0 Å². The summed E-state index contributed by atoms with van der Waals surface area (Å²) in [5, 5.41) is 5.10. The number of nitrogens with one attached hydrogen (secondary N) is 1. The topological polar surface area (TPSA) is 63.6 Å². The second kappa shape index (κ2) is 4.43. The van der Waals surface area contributed by atoms with Gasteiger partial charge < -0.3 is 0 Å². The SMILES string of the molecule is O=c1c2cnc3ccncc3c2[nH]n1-c1ccc(Cl)cc1. The summed E-state index contributed by atoms with van der Waals surface area (Å²) >= 11 is 5.88. The monoisotopic (exact) mass is 296 g/mol. The van der Waals surface area contributed by atoms with Crippen LogP contribution in [0.15, 0.2) is 53.7 Å². The largest absolute Gasteiger partial charge is 0.289 e. The Hall–Kier alpha value is -2.66. The molecule has 0 saturated heterocycles. The molecule has 4 aromatic rings. The third kappa shape index (κ3) is 1.82. The fourth-order valence-corrected chi connectivity index (χ4v) is 2.50. The van der Waals surface area contributed by atoms with Crippen LogP contribution in [-0.4, -0.2) is 19.7 Å². The highest BCUT2D eigenvalue weighted by molar-refractivity contribution is 6.30.